The van der Waals surface area contributed by atoms with Gasteiger partial charge in [0, 0.05) is 38.6 Å². The van der Waals surface area contributed by atoms with Crippen LogP contribution in [0.25, 0.3) is 0 Å². The smallest absolute Gasteiger partial charge is 0.226 e. The van der Waals surface area contributed by atoms with Crippen LogP contribution in [-0.2, 0) is 4.79 Å². The van der Waals surface area contributed by atoms with Gasteiger partial charge < -0.3 is 10.2 Å². The van der Waals surface area contributed by atoms with E-state index in [-0.39, 0.29) is 11.8 Å². The number of carbonyl (C=O) groups is 1. The summed E-state index contributed by atoms with van der Waals surface area (Å²) in [4.78, 5) is 16.3. The summed E-state index contributed by atoms with van der Waals surface area (Å²) in [5, 5.41) is 3.21. The molecule has 0 radical (unpaired) electrons. The first-order valence-corrected chi connectivity index (χ1v) is 6.34. The largest absolute Gasteiger partial charge is 0.340 e. The Balaban J connectivity index is 2.33. The van der Waals surface area contributed by atoms with Crippen molar-refractivity contribution in [2.45, 2.75) is 13.8 Å². The SMILES string of the molecule is C#CCN1CCN(C(=O)C(C)CNCC)CC1. The minimum atomic E-state index is 0.0640. The summed E-state index contributed by atoms with van der Waals surface area (Å²) in [6.45, 7) is 9.79. The third kappa shape index (κ3) is 4.37. The second kappa shape index (κ2) is 7.31. The molecule has 0 aliphatic carbocycles. The van der Waals surface area contributed by atoms with Gasteiger partial charge in [-0.25, -0.2) is 0 Å². The lowest BCUT2D eigenvalue weighted by molar-refractivity contribution is -0.136. The van der Waals surface area contributed by atoms with Crippen LogP contribution >= 0.6 is 0 Å². The highest BCUT2D eigenvalue weighted by molar-refractivity contribution is 5.78. The van der Waals surface area contributed by atoms with Crippen LogP contribution in [0.5, 0.6) is 0 Å². The molecule has 1 unspecified atom stereocenters. The number of carbonyl (C=O) groups excluding carboxylic acids is 1. The third-order valence-corrected chi connectivity index (χ3v) is 3.12. The minimum Gasteiger partial charge on any atom is -0.340 e. The molecule has 1 saturated heterocycles. The molecule has 1 heterocycles. The van der Waals surface area contributed by atoms with Crippen molar-refractivity contribution in [1.82, 2.24) is 15.1 Å². The molecule has 0 aromatic heterocycles. The van der Waals surface area contributed by atoms with Gasteiger partial charge in [0.1, 0.15) is 0 Å². The van der Waals surface area contributed by atoms with Gasteiger partial charge in [-0.1, -0.05) is 19.8 Å². The van der Waals surface area contributed by atoms with Crippen molar-refractivity contribution in [3.8, 4) is 12.3 Å². The number of piperazine rings is 1. The number of nitrogens with one attached hydrogen (secondary N) is 1. The Morgan fingerprint density at radius 2 is 2.06 bits per heavy atom. The van der Waals surface area contributed by atoms with Crippen molar-refractivity contribution in [2.75, 3.05) is 45.8 Å². The van der Waals surface area contributed by atoms with Crippen LogP contribution in [0.3, 0.4) is 0 Å². The fourth-order valence-electron chi connectivity index (χ4n) is 2.02. The summed E-state index contributed by atoms with van der Waals surface area (Å²) in [5.74, 6) is 2.96. The van der Waals surface area contributed by atoms with Gasteiger partial charge in [0.25, 0.3) is 0 Å². The molecular weight excluding hydrogens is 214 g/mol. The lowest BCUT2D eigenvalue weighted by atomic mass is 10.1. The highest BCUT2D eigenvalue weighted by atomic mass is 16.2. The standard InChI is InChI=1S/C13H23N3O/c1-4-6-15-7-9-16(10-8-15)13(17)12(3)11-14-5-2/h1,12,14H,5-11H2,2-3H3. The summed E-state index contributed by atoms with van der Waals surface area (Å²) < 4.78 is 0. The van der Waals surface area contributed by atoms with E-state index in [4.69, 9.17) is 6.42 Å². The van der Waals surface area contributed by atoms with E-state index in [0.29, 0.717) is 6.54 Å². The first-order valence-electron chi connectivity index (χ1n) is 6.34. The maximum Gasteiger partial charge on any atom is 0.226 e. The molecule has 96 valence electrons. The molecule has 1 atom stereocenters. The van der Waals surface area contributed by atoms with Crippen molar-refractivity contribution in [3.63, 3.8) is 0 Å². The topological polar surface area (TPSA) is 35.6 Å². The van der Waals surface area contributed by atoms with Gasteiger partial charge in [-0.05, 0) is 6.54 Å². The first-order chi connectivity index (χ1) is 8.19. The van der Waals surface area contributed by atoms with Crippen LogP contribution in [0.2, 0.25) is 0 Å². The van der Waals surface area contributed by atoms with E-state index in [1.807, 2.05) is 11.8 Å². The summed E-state index contributed by atoms with van der Waals surface area (Å²) in [5.41, 5.74) is 0. The molecule has 0 spiro atoms. The second-order valence-electron chi connectivity index (χ2n) is 4.51. The van der Waals surface area contributed by atoms with E-state index in [1.165, 1.54) is 0 Å². The van der Waals surface area contributed by atoms with Crippen LogP contribution in [0.1, 0.15) is 13.8 Å². The second-order valence-corrected chi connectivity index (χ2v) is 4.51. The quantitative estimate of drug-likeness (QED) is 0.684. The predicted molar refractivity (Wildman–Crippen MR) is 69.6 cm³/mol. The molecular formula is C13H23N3O. The van der Waals surface area contributed by atoms with Gasteiger partial charge >= 0.3 is 0 Å². The first kappa shape index (κ1) is 14.0. The highest BCUT2D eigenvalue weighted by Crippen LogP contribution is 2.06. The van der Waals surface area contributed by atoms with Crippen molar-refractivity contribution in [2.24, 2.45) is 5.92 Å². The van der Waals surface area contributed by atoms with Crippen LogP contribution in [-0.4, -0.2) is 61.5 Å². The lowest BCUT2D eigenvalue weighted by Gasteiger charge is -2.35. The van der Waals surface area contributed by atoms with Crippen LogP contribution in [0.15, 0.2) is 0 Å². The Hall–Kier alpha value is -1.05. The molecule has 1 aliphatic rings. The zero-order valence-corrected chi connectivity index (χ0v) is 10.9. The average molecular weight is 237 g/mol. The number of rotatable bonds is 5. The van der Waals surface area contributed by atoms with Crippen LogP contribution in [0, 0.1) is 18.3 Å². The zero-order chi connectivity index (χ0) is 12.7. The molecule has 1 rings (SSSR count). The number of nitrogens with zero attached hydrogens (tertiary/aromatic N) is 2. The zero-order valence-electron chi connectivity index (χ0n) is 10.9. The Morgan fingerprint density at radius 3 is 2.59 bits per heavy atom. The average Bonchev–Trinajstić information content (AvgIpc) is 2.36. The fraction of sp³-hybridized carbons (Fsp3) is 0.769. The van der Waals surface area contributed by atoms with Crippen molar-refractivity contribution in [1.29, 1.82) is 0 Å². The van der Waals surface area contributed by atoms with E-state index in [2.05, 4.69) is 23.1 Å². The van der Waals surface area contributed by atoms with Crippen molar-refractivity contribution >= 4 is 5.91 Å². The van der Waals surface area contributed by atoms with Crippen molar-refractivity contribution in [3.05, 3.63) is 0 Å². The molecule has 0 aromatic carbocycles. The molecule has 0 bridgehead atoms. The monoisotopic (exact) mass is 237 g/mol. The third-order valence-electron chi connectivity index (χ3n) is 3.12. The summed E-state index contributed by atoms with van der Waals surface area (Å²) in [6, 6.07) is 0. The van der Waals surface area contributed by atoms with Crippen LogP contribution < -0.4 is 5.32 Å². The van der Waals surface area contributed by atoms with Gasteiger partial charge in [0.2, 0.25) is 5.91 Å². The summed E-state index contributed by atoms with van der Waals surface area (Å²) >= 11 is 0. The summed E-state index contributed by atoms with van der Waals surface area (Å²) in [7, 11) is 0. The number of amides is 1. The van der Waals surface area contributed by atoms with E-state index in [1.54, 1.807) is 0 Å². The Morgan fingerprint density at radius 1 is 1.41 bits per heavy atom. The Kier molecular flexibility index (Phi) is 6.03. The predicted octanol–water partition coefficient (Wildman–Crippen LogP) is 0.00940. The maximum absolute atomic E-state index is 12.1. The number of hydrogen-bond donors (Lipinski definition) is 1. The molecule has 1 fully saturated rings. The highest BCUT2D eigenvalue weighted by Gasteiger charge is 2.23. The molecule has 17 heavy (non-hydrogen) atoms. The van der Waals surface area contributed by atoms with E-state index in [9.17, 15) is 4.79 Å². The normalized spacial score (nSPS) is 18.8. The van der Waals surface area contributed by atoms with E-state index in [0.717, 1.165) is 39.3 Å². The van der Waals surface area contributed by atoms with E-state index < -0.39 is 0 Å². The number of hydrogen-bond acceptors (Lipinski definition) is 3. The molecule has 0 saturated carbocycles. The van der Waals surface area contributed by atoms with Gasteiger partial charge in [-0.2, -0.15) is 0 Å². The Bertz CT molecular complexity index is 277. The lowest BCUT2D eigenvalue weighted by Crippen LogP contribution is -2.51. The molecule has 4 nitrogen and oxygen atoms in total. The molecule has 4 heteroatoms. The Labute approximate surface area is 104 Å². The molecule has 1 amide bonds. The molecule has 0 aromatic rings. The van der Waals surface area contributed by atoms with Crippen LogP contribution in [0.4, 0.5) is 0 Å². The van der Waals surface area contributed by atoms with Gasteiger partial charge in [-0.3, -0.25) is 9.69 Å². The maximum atomic E-state index is 12.1. The van der Waals surface area contributed by atoms with E-state index >= 15 is 0 Å². The van der Waals surface area contributed by atoms with Gasteiger partial charge in [0.15, 0.2) is 0 Å². The van der Waals surface area contributed by atoms with Gasteiger partial charge in [0.05, 0.1) is 6.54 Å². The molecule has 1 N–H and O–H groups in total. The minimum absolute atomic E-state index is 0.0640. The van der Waals surface area contributed by atoms with Gasteiger partial charge in [-0.15, -0.1) is 6.42 Å². The molecule has 1 aliphatic heterocycles. The van der Waals surface area contributed by atoms with Crippen molar-refractivity contribution < 1.29 is 4.79 Å². The summed E-state index contributed by atoms with van der Waals surface area (Å²) in [6.07, 6.45) is 5.28. The number of terminal acetylenes is 1. The fourth-order valence-corrected chi connectivity index (χ4v) is 2.02.